The number of benzene rings is 2. The number of halogens is 2. The number of carbonyl (C=O) groups is 2. The zero-order valence-electron chi connectivity index (χ0n) is 13.2. The molecule has 6 heteroatoms. The minimum atomic E-state index is -0.330. The second-order valence-corrected chi connectivity index (χ2v) is 5.89. The topological polar surface area (TPSA) is 58.2 Å². The number of anilines is 1. The number of carbonyl (C=O) groups excluding carboxylic acids is 2. The Hall–Kier alpha value is -2.30. The van der Waals surface area contributed by atoms with Crippen molar-refractivity contribution in [2.45, 2.75) is 6.92 Å². The summed E-state index contributed by atoms with van der Waals surface area (Å²) in [6.45, 7) is 1.78. The first-order valence-electron chi connectivity index (χ1n) is 7.18. The second-order valence-electron chi connectivity index (χ2n) is 5.05. The van der Waals surface area contributed by atoms with Gasteiger partial charge in [0.15, 0.2) is 0 Å². The third-order valence-corrected chi connectivity index (χ3v) is 4.01. The molecule has 24 heavy (non-hydrogen) atoms. The van der Waals surface area contributed by atoms with E-state index in [4.69, 9.17) is 23.2 Å². The highest BCUT2D eigenvalue weighted by molar-refractivity contribution is 6.34. The van der Waals surface area contributed by atoms with E-state index in [0.29, 0.717) is 32.4 Å². The van der Waals surface area contributed by atoms with Gasteiger partial charge in [0, 0.05) is 34.4 Å². The van der Waals surface area contributed by atoms with Crippen molar-refractivity contribution >= 4 is 46.8 Å². The smallest absolute Gasteiger partial charge is 0.251 e. The lowest BCUT2D eigenvalue weighted by Crippen LogP contribution is -2.20. The third kappa shape index (κ3) is 4.37. The predicted molar refractivity (Wildman–Crippen MR) is 98.7 cm³/mol. The highest BCUT2D eigenvalue weighted by Crippen LogP contribution is 2.22. The van der Waals surface area contributed by atoms with E-state index in [9.17, 15) is 9.59 Å². The van der Waals surface area contributed by atoms with Crippen molar-refractivity contribution in [3.8, 4) is 0 Å². The Labute approximate surface area is 150 Å². The number of hydrogen-bond acceptors (Lipinski definition) is 2. The Kier molecular flexibility index (Phi) is 6.01. The molecule has 2 aromatic rings. The highest BCUT2D eigenvalue weighted by atomic mass is 35.5. The average Bonchev–Trinajstić information content (AvgIpc) is 2.57. The van der Waals surface area contributed by atoms with Crippen molar-refractivity contribution in [2.24, 2.45) is 0 Å². The molecule has 0 aromatic heterocycles. The van der Waals surface area contributed by atoms with Crippen LogP contribution in [-0.2, 0) is 4.79 Å². The molecule has 0 saturated heterocycles. The Morgan fingerprint density at radius 3 is 2.58 bits per heavy atom. The summed E-state index contributed by atoms with van der Waals surface area (Å²) in [5.41, 5.74) is 2.43. The number of amides is 2. The second kappa shape index (κ2) is 7.99. The van der Waals surface area contributed by atoms with Gasteiger partial charge in [-0.1, -0.05) is 29.3 Å². The molecule has 0 fully saturated rings. The molecule has 0 aliphatic carbocycles. The Balaban J connectivity index is 2.17. The highest BCUT2D eigenvalue weighted by Gasteiger charge is 2.11. The minimum Gasteiger partial charge on any atom is -0.355 e. The molecule has 0 saturated carbocycles. The van der Waals surface area contributed by atoms with E-state index >= 15 is 0 Å². The van der Waals surface area contributed by atoms with E-state index < -0.39 is 0 Å². The molecule has 0 aliphatic heterocycles. The number of hydrogen-bond donors (Lipinski definition) is 2. The fraction of sp³-hybridized carbons (Fsp3) is 0.111. The van der Waals surface area contributed by atoms with Gasteiger partial charge in [-0.15, -0.1) is 0 Å². The normalized spacial score (nSPS) is 10.7. The molecule has 2 N–H and O–H groups in total. The summed E-state index contributed by atoms with van der Waals surface area (Å²) in [5.74, 6) is -0.534. The van der Waals surface area contributed by atoms with Gasteiger partial charge in [-0.05, 0) is 54.5 Å². The number of rotatable bonds is 4. The quantitative estimate of drug-likeness (QED) is 0.796. The Bertz CT molecular complexity index is 817. The van der Waals surface area contributed by atoms with E-state index in [-0.39, 0.29) is 11.8 Å². The molecule has 0 atom stereocenters. The Morgan fingerprint density at radius 2 is 1.88 bits per heavy atom. The van der Waals surface area contributed by atoms with Crippen molar-refractivity contribution in [3.63, 3.8) is 0 Å². The van der Waals surface area contributed by atoms with Crippen LogP contribution in [0.1, 0.15) is 21.5 Å². The van der Waals surface area contributed by atoms with E-state index in [2.05, 4.69) is 10.6 Å². The van der Waals surface area contributed by atoms with Crippen LogP contribution in [0.3, 0.4) is 0 Å². The molecule has 0 radical (unpaired) electrons. The van der Waals surface area contributed by atoms with Crippen LogP contribution < -0.4 is 10.6 Å². The summed E-state index contributed by atoms with van der Waals surface area (Å²) in [6.07, 6.45) is 2.95. The average molecular weight is 363 g/mol. The molecule has 0 unspecified atom stereocenters. The lowest BCUT2D eigenvalue weighted by molar-refractivity contribution is -0.111. The van der Waals surface area contributed by atoms with Crippen LogP contribution in [0.4, 0.5) is 5.69 Å². The van der Waals surface area contributed by atoms with E-state index in [0.717, 1.165) is 0 Å². The van der Waals surface area contributed by atoms with Gasteiger partial charge in [0.05, 0.1) is 0 Å². The maximum atomic E-state index is 12.1. The molecule has 0 heterocycles. The van der Waals surface area contributed by atoms with Gasteiger partial charge in [0.25, 0.3) is 5.91 Å². The molecule has 124 valence electrons. The summed E-state index contributed by atoms with van der Waals surface area (Å²) in [7, 11) is 1.56. The monoisotopic (exact) mass is 362 g/mol. The molecule has 4 nitrogen and oxygen atoms in total. The fourth-order valence-electron chi connectivity index (χ4n) is 2.13. The largest absolute Gasteiger partial charge is 0.355 e. The molecule has 0 bridgehead atoms. The summed E-state index contributed by atoms with van der Waals surface area (Å²) in [5, 5.41) is 6.36. The van der Waals surface area contributed by atoms with Crippen molar-refractivity contribution < 1.29 is 9.59 Å². The van der Waals surface area contributed by atoms with Gasteiger partial charge >= 0.3 is 0 Å². The first-order chi connectivity index (χ1) is 11.4. The van der Waals surface area contributed by atoms with Gasteiger partial charge in [0.2, 0.25) is 5.91 Å². The number of nitrogens with one attached hydrogen (secondary N) is 2. The van der Waals surface area contributed by atoms with Crippen LogP contribution in [-0.4, -0.2) is 18.9 Å². The predicted octanol–water partition coefficient (Wildman–Crippen LogP) is 4.31. The van der Waals surface area contributed by atoms with Crippen molar-refractivity contribution in [1.29, 1.82) is 0 Å². The molecular weight excluding hydrogens is 347 g/mol. The van der Waals surface area contributed by atoms with Gasteiger partial charge in [-0.2, -0.15) is 0 Å². The molecule has 2 amide bonds. The first-order valence-corrected chi connectivity index (χ1v) is 7.93. The van der Waals surface area contributed by atoms with Crippen molar-refractivity contribution in [3.05, 3.63) is 69.2 Å². The van der Waals surface area contributed by atoms with Crippen LogP contribution in [0, 0.1) is 6.92 Å². The Morgan fingerprint density at radius 1 is 1.12 bits per heavy atom. The zero-order valence-corrected chi connectivity index (χ0v) is 14.7. The lowest BCUT2D eigenvalue weighted by atomic mass is 10.1. The van der Waals surface area contributed by atoms with Crippen LogP contribution in [0.2, 0.25) is 10.0 Å². The van der Waals surface area contributed by atoms with Gasteiger partial charge in [-0.25, -0.2) is 0 Å². The first kappa shape index (κ1) is 18.0. The molecular formula is C18H16Cl2N2O2. The zero-order chi connectivity index (χ0) is 17.7. The minimum absolute atomic E-state index is 0.204. The molecule has 0 spiro atoms. The van der Waals surface area contributed by atoms with E-state index in [1.165, 1.54) is 6.08 Å². The fourth-order valence-corrected chi connectivity index (χ4v) is 2.49. The molecule has 2 rings (SSSR count). The van der Waals surface area contributed by atoms with Crippen molar-refractivity contribution in [2.75, 3.05) is 12.4 Å². The van der Waals surface area contributed by atoms with Crippen LogP contribution in [0.25, 0.3) is 6.08 Å². The molecule has 2 aromatic carbocycles. The van der Waals surface area contributed by atoms with Crippen LogP contribution in [0.5, 0.6) is 0 Å². The van der Waals surface area contributed by atoms with E-state index in [1.54, 1.807) is 56.4 Å². The summed E-state index contributed by atoms with van der Waals surface area (Å²) in [4.78, 5) is 23.9. The lowest BCUT2D eigenvalue weighted by Gasteiger charge is -2.10. The SMILES string of the molecule is CNC(=O)c1cccc(NC(=O)/C=C/c2cc(Cl)ccc2Cl)c1C. The maximum Gasteiger partial charge on any atom is 0.251 e. The summed E-state index contributed by atoms with van der Waals surface area (Å²) in [6, 6.07) is 10.2. The van der Waals surface area contributed by atoms with Crippen molar-refractivity contribution in [1.82, 2.24) is 5.32 Å². The maximum absolute atomic E-state index is 12.1. The van der Waals surface area contributed by atoms with Crippen LogP contribution >= 0.6 is 23.2 Å². The van der Waals surface area contributed by atoms with Gasteiger partial charge < -0.3 is 10.6 Å². The van der Waals surface area contributed by atoms with E-state index in [1.807, 2.05) is 0 Å². The standard InChI is InChI=1S/C18H16Cl2N2O2/c1-11-14(18(24)21-2)4-3-5-16(11)22-17(23)9-6-12-10-13(19)7-8-15(12)20/h3-10H,1-2H3,(H,21,24)(H,22,23)/b9-6+. The third-order valence-electron chi connectivity index (χ3n) is 3.44. The summed E-state index contributed by atoms with van der Waals surface area (Å²) < 4.78 is 0. The molecule has 0 aliphatic rings. The van der Waals surface area contributed by atoms with Gasteiger partial charge in [0.1, 0.15) is 0 Å². The van der Waals surface area contributed by atoms with Crippen LogP contribution in [0.15, 0.2) is 42.5 Å². The summed E-state index contributed by atoms with van der Waals surface area (Å²) >= 11 is 12.0. The van der Waals surface area contributed by atoms with Gasteiger partial charge in [-0.3, -0.25) is 9.59 Å².